The molecule has 3 nitrogen and oxygen atoms in total. The van der Waals surface area contributed by atoms with E-state index in [1.54, 1.807) is 6.20 Å². The molecule has 16 heavy (non-hydrogen) atoms. The Kier molecular flexibility index (Phi) is 4.94. The molecule has 0 aliphatic heterocycles. The van der Waals surface area contributed by atoms with Crippen molar-refractivity contribution in [1.82, 2.24) is 10.3 Å². The van der Waals surface area contributed by atoms with Gasteiger partial charge in [-0.15, -0.1) is 0 Å². The highest BCUT2D eigenvalue weighted by Crippen LogP contribution is 2.08. The topological polar surface area (TPSA) is 48.7 Å². The number of rotatable bonds is 5. The van der Waals surface area contributed by atoms with Gasteiger partial charge in [0.05, 0.1) is 0 Å². The predicted octanol–water partition coefficient (Wildman–Crippen LogP) is 2.33. The minimum atomic E-state index is 0.483. The van der Waals surface area contributed by atoms with Gasteiger partial charge in [-0.1, -0.05) is 20.8 Å². The molecule has 86 valence electrons. The Balaban J connectivity index is 2.40. The molecular weight excluding hydrogens is 198 g/mol. The first kappa shape index (κ1) is 12.7. The first-order valence-electron chi connectivity index (χ1n) is 5.69. The van der Waals surface area contributed by atoms with Gasteiger partial charge in [0.15, 0.2) is 0 Å². The van der Waals surface area contributed by atoms with Gasteiger partial charge in [0.1, 0.15) is 11.8 Å². The van der Waals surface area contributed by atoms with E-state index in [-0.39, 0.29) is 0 Å². The maximum atomic E-state index is 8.72. The van der Waals surface area contributed by atoms with Crippen molar-refractivity contribution in [1.29, 1.82) is 5.26 Å². The van der Waals surface area contributed by atoms with Crippen LogP contribution in [0.25, 0.3) is 0 Å². The SMILES string of the molecule is CC(C)C(C)CNCc1ccnc(C#N)c1. The Hall–Kier alpha value is -1.40. The fourth-order valence-corrected chi connectivity index (χ4v) is 1.33. The van der Waals surface area contributed by atoms with Crippen LogP contribution >= 0.6 is 0 Å². The van der Waals surface area contributed by atoms with E-state index in [4.69, 9.17) is 5.26 Å². The molecule has 0 bridgehead atoms. The fraction of sp³-hybridized carbons (Fsp3) is 0.538. The molecule has 1 aromatic rings. The van der Waals surface area contributed by atoms with Gasteiger partial charge in [-0.05, 0) is 36.1 Å². The minimum Gasteiger partial charge on any atom is -0.312 e. The lowest BCUT2D eigenvalue weighted by Gasteiger charge is -2.16. The normalized spacial score (nSPS) is 12.4. The lowest BCUT2D eigenvalue weighted by Crippen LogP contribution is -2.23. The third kappa shape index (κ3) is 4.00. The van der Waals surface area contributed by atoms with Crippen LogP contribution in [0, 0.1) is 23.2 Å². The number of nitriles is 1. The molecule has 1 aromatic heterocycles. The molecule has 0 aliphatic rings. The van der Waals surface area contributed by atoms with Crippen molar-refractivity contribution in [3.63, 3.8) is 0 Å². The number of hydrogen-bond donors (Lipinski definition) is 1. The maximum absolute atomic E-state index is 8.72. The third-order valence-electron chi connectivity index (χ3n) is 2.87. The van der Waals surface area contributed by atoms with Gasteiger partial charge in [0.2, 0.25) is 0 Å². The molecule has 0 radical (unpaired) electrons. The Morgan fingerprint density at radius 3 is 2.81 bits per heavy atom. The second kappa shape index (κ2) is 6.24. The van der Waals surface area contributed by atoms with E-state index in [0.29, 0.717) is 17.5 Å². The molecule has 0 saturated heterocycles. The molecule has 1 heterocycles. The van der Waals surface area contributed by atoms with Gasteiger partial charge in [-0.2, -0.15) is 5.26 Å². The zero-order chi connectivity index (χ0) is 12.0. The lowest BCUT2D eigenvalue weighted by atomic mass is 9.98. The van der Waals surface area contributed by atoms with E-state index >= 15 is 0 Å². The van der Waals surface area contributed by atoms with Crippen LogP contribution in [-0.2, 0) is 6.54 Å². The van der Waals surface area contributed by atoms with Crippen molar-refractivity contribution < 1.29 is 0 Å². The van der Waals surface area contributed by atoms with E-state index in [2.05, 4.69) is 31.1 Å². The number of pyridine rings is 1. The summed E-state index contributed by atoms with van der Waals surface area (Å²) in [6.45, 7) is 8.50. The van der Waals surface area contributed by atoms with Crippen LogP contribution in [0.1, 0.15) is 32.0 Å². The molecule has 1 unspecified atom stereocenters. The average Bonchev–Trinajstić information content (AvgIpc) is 2.29. The first-order chi connectivity index (χ1) is 7.63. The lowest BCUT2D eigenvalue weighted by molar-refractivity contribution is 0.392. The molecule has 0 amide bonds. The van der Waals surface area contributed by atoms with Crippen LogP contribution in [0.5, 0.6) is 0 Å². The van der Waals surface area contributed by atoms with Crippen LogP contribution in [0.3, 0.4) is 0 Å². The quantitative estimate of drug-likeness (QED) is 0.823. The van der Waals surface area contributed by atoms with Crippen molar-refractivity contribution in [2.24, 2.45) is 11.8 Å². The van der Waals surface area contributed by atoms with Gasteiger partial charge in [-0.3, -0.25) is 0 Å². The first-order valence-corrected chi connectivity index (χ1v) is 5.69. The van der Waals surface area contributed by atoms with Crippen LogP contribution in [0.2, 0.25) is 0 Å². The molecule has 0 saturated carbocycles. The second-order valence-corrected chi connectivity index (χ2v) is 4.51. The minimum absolute atomic E-state index is 0.483. The Bertz CT molecular complexity index is 366. The number of nitrogens with zero attached hydrogens (tertiary/aromatic N) is 2. The van der Waals surface area contributed by atoms with Gasteiger partial charge in [0.25, 0.3) is 0 Å². The van der Waals surface area contributed by atoms with Gasteiger partial charge < -0.3 is 5.32 Å². The summed E-state index contributed by atoms with van der Waals surface area (Å²) in [7, 11) is 0. The van der Waals surface area contributed by atoms with Crippen LogP contribution in [0.4, 0.5) is 0 Å². The Morgan fingerprint density at radius 2 is 2.19 bits per heavy atom. The molecule has 3 heteroatoms. The maximum Gasteiger partial charge on any atom is 0.140 e. The van der Waals surface area contributed by atoms with Crippen molar-refractivity contribution in [2.75, 3.05) is 6.54 Å². The summed E-state index contributed by atoms with van der Waals surface area (Å²) in [6.07, 6.45) is 1.68. The van der Waals surface area contributed by atoms with Crippen molar-refractivity contribution in [3.8, 4) is 6.07 Å². The van der Waals surface area contributed by atoms with Crippen molar-refractivity contribution in [2.45, 2.75) is 27.3 Å². The zero-order valence-corrected chi connectivity index (χ0v) is 10.2. The highest BCUT2D eigenvalue weighted by molar-refractivity contribution is 5.25. The van der Waals surface area contributed by atoms with E-state index in [1.165, 1.54) is 0 Å². The Morgan fingerprint density at radius 1 is 1.44 bits per heavy atom. The summed E-state index contributed by atoms with van der Waals surface area (Å²) in [5.41, 5.74) is 1.60. The standard InChI is InChI=1S/C13H19N3/c1-10(2)11(3)8-15-9-12-4-5-16-13(6-12)7-14/h4-6,10-11,15H,8-9H2,1-3H3. The van der Waals surface area contributed by atoms with E-state index in [0.717, 1.165) is 18.7 Å². The Labute approximate surface area is 97.5 Å². The molecule has 0 fully saturated rings. The monoisotopic (exact) mass is 217 g/mol. The summed E-state index contributed by atoms with van der Waals surface area (Å²) in [6, 6.07) is 5.81. The summed E-state index contributed by atoms with van der Waals surface area (Å²) >= 11 is 0. The smallest absolute Gasteiger partial charge is 0.140 e. The fourth-order valence-electron chi connectivity index (χ4n) is 1.33. The summed E-state index contributed by atoms with van der Waals surface area (Å²) in [5, 5.41) is 12.1. The van der Waals surface area contributed by atoms with E-state index in [1.807, 2.05) is 18.2 Å². The molecule has 0 aromatic carbocycles. The average molecular weight is 217 g/mol. The molecule has 1 rings (SSSR count). The van der Waals surface area contributed by atoms with Crippen LogP contribution in [0.15, 0.2) is 18.3 Å². The van der Waals surface area contributed by atoms with E-state index in [9.17, 15) is 0 Å². The molecule has 1 N–H and O–H groups in total. The number of aromatic nitrogens is 1. The second-order valence-electron chi connectivity index (χ2n) is 4.51. The van der Waals surface area contributed by atoms with Crippen LogP contribution < -0.4 is 5.32 Å². The third-order valence-corrected chi connectivity index (χ3v) is 2.87. The largest absolute Gasteiger partial charge is 0.312 e. The highest BCUT2D eigenvalue weighted by atomic mass is 14.9. The predicted molar refractivity (Wildman–Crippen MR) is 64.7 cm³/mol. The van der Waals surface area contributed by atoms with Crippen molar-refractivity contribution >= 4 is 0 Å². The van der Waals surface area contributed by atoms with Crippen LogP contribution in [-0.4, -0.2) is 11.5 Å². The summed E-state index contributed by atoms with van der Waals surface area (Å²) in [4.78, 5) is 3.94. The molecule has 1 atom stereocenters. The van der Waals surface area contributed by atoms with Gasteiger partial charge in [0, 0.05) is 12.7 Å². The number of nitrogens with one attached hydrogen (secondary N) is 1. The molecule has 0 aliphatic carbocycles. The zero-order valence-electron chi connectivity index (χ0n) is 10.2. The van der Waals surface area contributed by atoms with Crippen molar-refractivity contribution in [3.05, 3.63) is 29.6 Å². The molecular formula is C13H19N3. The van der Waals surface area contributed by atoms with Gasteiger partial charge in [-0.25, -0.2) is 4.98 Å². The summed E-state index contributed by atoms with van der Waals surface area (Å²) in [5.74, 6) is 1.36. The highest BCUT2D eigenvalue weighted by Gasteiger charge is 2.05. The summed E-state index contributed by atoms with van der Waals surface area (Å²) < 4.78 is 0. The van der Waals surface area contributed by atoms with Gasteiger partial charge >= 0.3 is 0 Å². The van der Waals surface area contributed by atoms with E-state index < -0.39 is 0 Å². The molecule has 0 spiro atoms. The number of hydrogen-bond acceptors (Lipinski definition) is 3.